The number of sulfonamides is 1. The van der Waals surface area contributed by atoms with Gasteiger partial charge in [-0.15, -0.1) is 0 Å². The molecule has 1 atom stereocenters. The van der Waals surface area contributed by atoms with Gasteiger partial charge in [0.05, 0.1) is 17.0 Å². The van der Waals surface area contributed by atoms with Gasteiger partial charge in [0.15, 0.2) is 0 Å². The maximum Gasteiger partial charge on any atom is 0.252 e. The second-order valence-electron chi connectivity index (χ2n) is 8.51. The SMILES string of the molecule is CC(=O)Nc1ccc(S(=O)(=O)N(Cc2ccc(C)cc2)C2CC(=O)N(c3ccc(Cl)cc3)C2=O)cc1. The van der Waals surface area contributed by atoms with Crippen LogP contribution in [0.3, 0.4) is 0 Å². The summed E-state index contributed by atoms with van der Waals surface area (Å²) in [5.74, 6) is -1.42. The van der Waals surface area contributed by atoms with Crippen molar-refractivity contribution in [3.05, 3.63) is 88.9 Å². The number of halogens is 1. The van der Waals surface area contributed by atoms with Gasteiger partial charge in [-0.1, -0.05) is 41.4 Å². The van der Waals surface area contributed by atoms with Crippen molar-refractivity contribution in [2.75, 3.05) is 10.2 Å². The van der Waals surface area contributed by atoms with Gasteiger partial charge in [0.1, 0.15) is 6.04 Å². The molecule has 3 amide bonds. The number of anilines is 2. The molecule has 1 N–H and O–H groups in total. The average Bonchev–Trinajstić information content (AvgIpc) is 3.12. The first-order valence-corrected chi connectivity index (χ1v) is 13.0. The van der Waals surface area contributed by atoms with E-state index in [1.165, 1.54) is 31.2 Å². The molecule has 3 aromatic rings. The van der Waals surface area contributed by atoms with Crippen LogP contribution in [0.25, 0.3) is 0 Å². The third-order valence-corrected chi connectivity index (χ3v) is 7.92. The van der Waals surface area contributed by atoms with Crippen LogP contribution < -0.4 is 10.2 Å². The third kappa shape index (κ3) is 5.33. The summed E-state index contributed by atoms with van der Waals surface area (Å²) in [6, 6.07) is 17.9. The fourth-order valence-corrected chi connectivity index (χ4v) is 5.68. The van der Waals surface area contributed by atoms with Crippen molar-refractivity contribution < 1.29 is 22.8 Å². The molecule has 0 radical (unpaired) electrons. The molecule has 0 aliphatic carbocycles. The van der Waals surface area contributed by atoms with Crippen molar-refractivity contribution in [2.45, 2.75) is 37.8 Å². The number of aryl methyl sites for hydroxylation is 1. The van der Waals surface area contributed by atoms with Crippen molar-refractivity contribution in [3.8, 4) is 0 Å². The molecule has 36 heavy (non-hydrogen) atoms. The molecule has 1 saturated heterocycles. The molecule has 0 aromatic heterocycles. The lowest BCUT2D eigenvalue weighted by Gasteiger charge is -2.27. The Morgan fingerprint density at radius 2 is 1.61 bits per heavy atom. The monoisotopic (exact) mass is 525 g/mol. The zero-order valence-electron chi connectivity index (χ0n) is 19.6. The van der Waals surface area contributed by atoms with Crippen LogP contribution in [0.1, 0.15) is 24.5 Å². The van der Waals surface area contributed by atoms with Crippen molar-refractivity contribution in [1.82, 2.24) is 4.31 Å². The molecule has 8 nitrogen and oxygen atoms in total. The second kappa shape index (κ2) is 10.2. The topological polar surface area (TPSA) is 104 Å². The Labute approximate surface area is 214 Å². The fraction of sp³-hybridized carbons (Fsp3) is 0.192. The summed E-state index contributed by atoms with van der Waals surface area (Å²) in [5.41, 5.74) is 2.43. The molecule has 4 rings (SSSR count). The summed E-state index contributed by atoms with van der Waals surface area (Å²) >= 11 is 5.94. The lowest BCUT2D eigenvalue weighted by atomic mass is 10.1. The Bertz CT molecular complexity index is 1410. The summed E-state index contributed by atoms with van der Waals surface area (Å²) in [6.45, 7) is 3.16. The van der Waals surface area contributed by atoms with Gasteiger partial charge in [0, 0.05) is 24.2 Å². The van der Waals surface area contributed by atoms with Gasteiger partial charge in [-0.3, -0.25) is 14.4 Å². The van der Waals surface area contributed by atoms with E-state index >= 15 is 0 Å². The molecule has 1 heterocycles. The van der Waals surface area contributed by atoms with Crippen LogP contribution >= 0.6 is 11.6 Å². The number of hydrogen-bond acceptors (Lipinski definition) is 5. The molecule has 3 aromatic carbocycles. The van der Waals surface area contributed by atoms with Crippen molar-refractivity contribution in [2.24, 2.45) is 0 Å². The van der Waals surface area contributed by atoms with Crippen molar-refractivity contribution >= 4 is 50.7 Å². The number of hydrogen-bond donors (Lipinski definition) is 1. The Morgan fingerprint density at radius 3 is 2.19 bits per heavy atom. The molecular weight excluding hydrogens is 502 g/mol. The Morgan fingerprint density at radius 1 is 1.00 bits per heavy atom. The second-order valence-corrected chi connectivity index (χ2v) is 10.8. The van der Waals surface area contributed by atoms with E-state index in [2.05, 4.69) is 5.32 Å². The smallest absolute Gasteiger partial charge is 0.252 e. The molecule has 10 heteroatoms. The van der Waals surface area contributed by atoms with E-state index in [0.29, 0.717) is 22.0 Å². The van der Waals surface area contributed by atoms with E-state index in [9.17, 15) is 22.8 Å². The first-order valence-electron chi connectivity index (χ1n) is 11.1. The Hall–Kier alpha value is -3.53. The normalized spacial score (nSPS) is 16.0. The first kappa shape index (κ1) is 25.6. The van der Waals surface area contributed by atoms with Crippen LogP contribution in [0.4, 0.5) is 11.4 Å². The van der Waals surface area contributed by atoms with Gasteiger partial charge in [-0.25, -0.2) is 13.3 Å². The lowest BCUT2D eigenvalue weighted by molar-refractivity contribution is -0.122. The molecule has 0 bridgehead atoms. The van der Waals surface area contributed by atoms with Crippen LogP contribution in [0.5, 0.6) is 0 Å². The zero-order valence-corrected chi connectivity index (χ0v) is 21.2. The standard InChI is InChI=1S/C26H24ClN3O5S/c1-17-3-5-19(6-4-17)16-29(36(34,35)23-13-9-21(10-14-23)28-18(2)31)24-15-25(32)30(26(24)33)22-11-7-20(27)8-12-22/h3-14,24H,15-16H2,1-2H3,(H,28,31). The van der Waals surface area contributed by atoms with E-state index in [1.807, 2.05) is 19.1 Å². The van der Waals surface area contributed by atoms with Gasteiger partial charge in [-0.2, -0.15) is 4.31 Å². The van der Waals surface area contributed by atoms with Crippen LogP contribution in [0, 0.1) is 6.92 Å². The van der Waals surface area contributed by atoms with E-state index in [0.717, 1.165) is 14.8 Å². The molecule has 0 spiro atoms. The van der Waals surface area contributed by atoms with Gasteiger partial charge in [0.25, 0.3) is 5.91 Å². The third-order valence-electron chi connectivity index (χ3n) is 5.80. The fourth-order valence-electron chi connectivity index (χ4n) is 3.99. The van der Waals surface area contributed by atoms with E-state index in [1.54, 1.807) is 36.4 Å². The molecule has 1 aliphatic rings. The number of carbonyl (C=O) groups is 3. The van der Waals surface area contributed by atoms with Gasteiger partial charge in [-0.05, 0) is 61.0 Å². The number of rotatable bonds is 7. The highest BCUT2D eigenvalue weighted by Gasteiger charge is 2.47. The average molecular weight is 526 g/mol. The largest absolute Gasteiger partial charge is 0.326 e. The van der Waals surface area contributed by atoms with Crippen molar-refractivity contribution in [3.63, 3.8) is 0 Å². The Balaban J connectivity index is 1.72. The predicted molar refractivity (Wildman–Crippen MR) is 137 cm³/mol. The molecular formula is C26H24ClN3O5S. The van der Waals surface area contributed by atoms with Gasteiger partial charge in [0.2, 0.25) is 21.8 Å². The van der Waals surface area contributed by atoms with Gasteiger partial charge < -0.3 is 5.32 Å². The predicted octanol–water partition coefficient (Wildman–Crippen LogP) is 4.13. The highest BCUT2D eigenvalue weighted by molar-refractivity contribution is 7.89. The van der Waals surface area contributed by atoms with Crippen molar-refractivity contribution in [1.29, 1.82) is 0 Å². The van der Waals surface area contributed by atoms with Crippen LogP contribution in [0.15, 0.2) is 77.7 Å². The molecule has 186 valence electrons. The number of benzene rings is 3. The quantitative estimate of drug-likeness (QED) is 0.467. The highest BCUT2D eigenvalue weighted by atomic mass is 35.5. The summed E-state index contributed by atoms with van der Waals surface area (Å²) < 4.78 is 28.7. The number of nitrogens with one attached hydrogen (secondary N) is 1. The van der Waals surface area contributed by atoms with Crippen LogP contribution in [0.2, 0.25) is 5.02 Å². The summed E-state index contributed by atoms with van der Waals surface area (Å²) in [5, 5.41) is 3.04. The van der Waals surface area contributed by atoms with E-state index in [4.69, 9.17) is 11.6 Å². The highest BCUT2D eigenvalue weighted by Crippen LogP contribution is 2.31. The minimum absolute atomic E-state index is 0.0612. The van der Waals surface area contributed by atoms with Crippen LogP contribution in [-0.2, 0) is 31.0 Å². The maximum absolute atomic E-state index is 13.8. The molecule has 1 fully saturated rings. The number of carbonyl (C=O) groups excluding carboxylic acids is 3. The number of imide groups is 1. The minimum atomic E-state index is -4.21. The van der Waals surface area contributed by atoms with Gasteiger partial charge >= 0.3 is 0 Å². The summed E-state index contributed by atoms with van der Waals surface area (Å²) in [6.07, 6.45) is -0.295. The lowest BCUT2D eigenvalue weighted by Crippen LogP contribution is -2.45. The van der Waals surface area contributed by atoms with Crippen LogP contribution in [-0.4, -0.2) is 36.5 Å². The van der Waals surface area contributed by atoms with E-state index in [-0.39, 0.29) is 23.8 Å². The minimum Gasteiger partial charge on any atom is -0.326 e. The zero-order chi connectivity index (χ0) is 26.0. The maximum atomic E-state index is 13.8. The first-order chi connectivity index (χ1) is 17.1. The number of nitrogens with zero attached hydrogens (tertiary/aromatic N) is 2. The summed E-state index contributed by atoms with van der Waals surface area (Å²) in [7, 11) is -4.21. The molecule has 1 aliphatic heterocycles. The summed E-state index contributed by atoms with van der Waals surface area (Å²) in [4.78, 5) is 38.6. The Kier molecular flexibility index (Phi) is 7.26. The number of amides is 3. The van der Waals surface area contributed by atoms with E-state index < -0.39 is 27.9 Å². The molecule has 0 saturated carbocycles. The molecule has 1 unspecified atom stereocenters.